The number of benzene rings is 1. The number of aromatic nitrogens is 3. The minimum absolute atomic E-state index is 0.0381. The number of methoxy groups -OCH3 is 1. The standard InChI is InChI=1S/C18H26N6O3S/c1-13-7-8-14(27-4)15(11-13)28(25,26)19-12-16-20-17(23(2)3)22-18(21-16)24-9-5-6-10-24/h7-8,11,19H,5-6,9-10,12H2,1-4H3. The van der Waals surface area contributed by atoms with Gasteiger partial charge < -0.3 is 14.5 Å². The Kier molecular flexibility index (Phi) is 5.99. The Morgan fingerprint density at radius 2 is 1.89 bits per heavy atom. The third-order valence-corrected chi connectivity index (χ3v) is 5.90. The Morgan fingerprint density at radius 1 is 1.18 bits per heavy atom. The lowest BCUT2D eigenvalue weighted by molar-refractivity contribution is 0.402. The number of aryl methyl sites for hydroxylation is 1. The summed E-state index contributed by atoms with van der Waals surface area (Å²) in [6, 6.07) is 5.02. The van der Waals surface area contributed by atoms with E-state index in [1.165, 1.54) is 7.11 Å². The Hall–Kier alpha value is -2.46. The molecule has 0 amide bonds. The third-order valence-electron chi connectivity index (χ3n) is 4.48. The highest BCUT2D eigenvalue weighted by molar-refractivity contribution is 7.89. The van der Waals surface area contributed by atoms with Gasteiger partial charge >= 0.3 is 0 Å². The molecule has 1 N–H and O–H groups in total. The summed E-state index contributed by atoms with van der Waals surface area (Å²) in [5.74, 6) is 1.74. The Balaban J connectivity index is 1.86. The molecule has 152 valence electrons. The lowest BCUT2D eigenvalue weighted by Gasteiger charge is -2.19. The Bertz CT molecular complexity index is 942. The zero-order chi connectivity index (χ0) is 20.3. The van der Waals surface area contributed by atoms with Gasteiger partial charge in [0.25, 0.3) is 0 Å². The molecule has 0 atom stereocenters. The topological polar surface area (TPSA) is 101 Å². The monoisotopic (exact) mass is 406 g/mol. The number of nitrogens with zero attached hydrogens (tertiary/aromatic N) is 5. The lowest BCUT2D eigenvalue weighted by Crippen LogP contribution is -2.28. The highest BCUT2D eigenvalue weighted by Crippen LogP contribution is 2.25. The van der Waals surface area contributed by atoms with Crippen LogP contribution in [0.5, 0.6) is 5.75 Å². The maximum atomic E-state index is 12.8. The molecule has 0 spiro atoms. The van der Waals surface area contributed by atoms with Crippen LogP contribution in [-0.4, -0.2) is 57.7 Å². The molecule has 1 aromatic heterocycles. The van der Waals surface area contributed by atoms with Gasteiger partial charge in [-0.15, -0.1) is 0 Å². The van der Waals surface area contributed by atoms with Crippen molar-refractivity contribution in [3.8, 4) is 5.75 Å². The van der Waals surface area contributed by atoms with Gasteiger partial charge in [0.1, 0.15) is 10.6 Å². The number of hydrogen-bond acceptors (Lipinski definition) is 8. The van der Waals surface area contributed by atoms with Crippen LogP contribution in [0, 0.1) is 6.92 Å². The van der Waals surface area contributed by atoms with E-state index >= 15 is 0 Å². The number of anilines is 2. The average Bonchev–Trinajstić information content (AvgIpc) is 3.21. The minimum Gasteiger partial charge on any atom is -0.495 e. The van der Waals surface area contributed by atoms with Crippen molar-refractivity contribution in [3.63, 3.8) is 0 Å². The van der Waals surface area contributed by atoms with Crippen LogP contribution in [0.3, 0.4) is 0 Å². The summed E-state index contributed by atoms with van der Waals surface area (Å²) in [4.78, 5) is 17.3. The number of sulfonamides is 1. The summed E-state index contributed by atoms with van der Waals surface area (Å²) in [6.45, 7) is 3.57. The maximum absolute atomic E-state index is 12.8. The highest BCUT2D eigenvalue weighted by Gasteiger charge is 2.22. The fourth-order valence-corrected chi connectivity index (χ4v) is 4.20. The zero-order valence-corrected chi connectivity index (χ0v) is 17.5. The van der Waals surface area contributed by atoms with Crippen molar-refractivity contribution in [1.29, 1.82) is 0 Å². The summed E-state index contributed by atoms with van der Waals surface area (Å²) in [5, 5.41) is 0. The molecule has 1 aliphatic heterocycles. The van der Waals surface area contributed by atoms with Gasteiger partial charge in [-0.05, 0) is 37.5 Å². The maximum Gasteiger partial charge on any atom is 0.244 e. The SMILES string of the molecule is COc1ccc(C)cc1S(=O)(=O)NCc1nc(N(C)C)nc(N2CCCC2)n1. The van der Waals surface area contributed by atoms with Crippen LogP contribution in [0.4, 0.5) is 11.9 Å². The first-order valence-electron chi connectivity index (χ1n) is 9.11. The summed E-state index contributed by atoms with van der Waals surface area (Å²) in [7, 11) is 1.34. The molecule has 0 aliphatic carbocycles. The van der Waals surface area contributed by atoms with E-state index in [1.807, 2.05) is 21.0 Å². The molecule has 9 nitrogen and oxygen atoms in total. The highest BCUT2D eigenvalue weighted by atomic mass is 32.2. The first-order chi connectivity index (χ1) is 13.3. The molecule has 0 bridgehead atoms. The number of hydrogen-bond donors (Lipinski definition) is 1. The van der Waals surface area contributed by atoms with Gasteiger partial charge in [0, 0.05) is 27.2 Å². The van der Waals surface area contributed by atoms with Crippen molar-refractivity contribution in [3.05, 3.63) is 29.6 Å². The zero-order valence-electron chi connectivity index (χ0n) is 16.6. The van der Waals surface area contributed by atoms with Gasteiger partial charge in [0.05, 0.1) is 13.7 Å². The van der Waals surface area contributed by atoms with E-state index in [0.717, 1.165) is 31.5 Å². The van der Waals surface area contributed by atoms with E-state index in [4.69, 9.17) is 4.74 Å². The fourth-order valence-electron chi connectivity index (χ4n) is 2.96. The van der Waals surface area contributed by atoms with Crippen molar-refractivity contribution in [2.45, 2.75) is 31.2 Å². The second kappa shape index (κ2) is 8.27. The van der Waals surface area contributed by atoms with Crippen molar-refractivity contribution >= 4 is 21.9 Å². The lowest BCUT2D eigenvalue weighted by atomic mass is 10.2. The molecule has 1 aromatic carbocycles. The van der Waals surface area contributed by atoms with Crippen LogP contribution in [0.1, 0.15) is 24.2 Å². The predicted molar refractivity (Wildman–Crippen MR) is 107 cm³/mol. The normalized spacial score (nSPS) is 14.4. The van der Waals surface area contributed by atoms with Crippen LogP contribution in [-0.2, 0) is 16.6 Å². The molecule has 1 saturated heterocycles. The van der Waals surface area contributed by atoms with Crippen molar-refractivity contribution < 1.29 is 13.2 Å². The van der Waals surface area contributed by atoms with Crippen LogP contribution >= 0.6 is 0 Å². The first-order valence-corrected chi connectivity index (χ1v) is 10.6. The van der Waals surface area contributed by atoms with E-state index in [9.17, 15) is 8.42 Å². The van der Waals surface area contributed by atoms with Crippen LogP contribution < -0.4 is 19.3 Å². The molecule has 1 fully saturated rings. The molecule has 2 aromatic rings. The van der Waals surface area contributed by atoms with Gasteiger partial charge in [-0.25, -0.2) is 13.1 Å². The molecule has 0 saturated carbocycles. The molecule has 3 rings (SSSR count). The molecule has 10 heteroatoms. The van der Waals surface area contributed by atoms with E-state index < -0.39 is 10.0 Å². The Labute approximate surface area is 165 Å². The van der Waals surface area contributed by atoms with Crippen LogP contribution in [0.2, 0.25) is 0 Å². The summed E-state index contributed by atoms with van der Waals surface area (Å²) >= 11 is 0. The number of rotatable bonds is 7. The third kappa shape index (κ3) is 4.50. The van der Waals surface area contributed by atoms with E-state index in [1.54, 1.807) is 23.1 Å². The molecule has 0 unspecified atom stereocenters. The van der Waals surface area contributed by atoms with Gasteiger partial charge in [-0.3, -0.25) is 0 Å². The molecule has 2 heterocycles. The van der Waals surface area contributed by atoms with Crippen molar-refractivity contribution in [1.82, 2.24) is 19.7 Å². The van der Waals surface area contributed by atoms with Gasteiger partial charge in [-0.2, -0.15) is 15.0 Å². The van der Waals surface area contributed by atoms with Crippen molar-refractivity contribution in [2.24, 2.45) is 0 Å². The van der Waals surface area contributed by atoms with Gasteiger partial charge in [0.15, 0.2) is 5.82 Å². The fraction of sp³-hybridized carbons (Fsp3) is 0.500. The molecular formula is C18H26N6O3S. The van der Waals surface area contributed by atoms with E-state index in [2.05, 4.69) is 24.6 Å². The average molecular weight is 407 g/mol. The van der Waals surface area contributed by atoms with Crippen LogP contribution in [0.25, 0.3) is 0 Å². The summed E-state index contributed by atoms with van der Waals surface area (Å²) < 4.78 is 33.4. The van der Waals surface area contributed by atoms with Gasteiger partial charge in [-0.1, -0.05) is 6.07 Å². The molecule has 28 heavy (non-hydrogen) atoms. The largest absolute Gasteiger partial charge is 0.495 e. The quantitative estimate of drug-likeness (QED) is 0.735. The van der Waals surface area contributed by atoms with Crippen LogP contribution in [0.15, 0.2) is 23.1 Å². The number of ether oxygens (including phenoxy) is 1. The molecule has 1 aliphatic rings. The van der Waals surface area contributed by atoms with E-state index in [-0.39, 0.29) is 11.4 Å². The van der Waals surface area contributed by atoms with E-state index in [0.29, 0.717) is 23.5 Å². The summed E-state index contributed by atoms with van der Waals surface area (Å²) in [6.07, 6.45) is 2.19. The van der Waals surface area contributed by atoms with Gasteiger partial charge in [0.2, 0.25) is 21.9 Å². The number of nitrogens with one attached hydrogen (secondary N) is 1. The first kappa shape index (κ1) is 20.3. The van der Waals surface area contributed by atoms with Crippen molar-refractivity contribution in [2.75, 3.05) is 44.1 Å². The molecule has 0 radical (unpaired) electrons. The minimum atomic E-state index is -3.79. The summed E-state index contributed by atoms with van der Waals surface area (Å²) in [5.41, 5.74) is 0.826. The second-order valence-electron chi connectivity index (χ2n) is 6.92. The predicted octanol–water partition coefficient (Wildman–Crippen LogP) is 1.33. The second-order valence-corrected chi connectivity index (χ2v) is 8.65. The molecular weight excluding hydrogens is 380 g/mol. The smallest absolute Gasteiger partial charge is 0.244 e. The Morgan fingerprint density at radius 3 is 2.54 bits per heavy atom.